The average molecular weight is 357 g/mol. The molecule has 2 rings (SSSR count). The molecule has 2 fully saturated rings. The number of carbonyl (C=O) groups excluding carboxylic acids is 1. The summed E-state index contributed by atoms with van der Waals surface area (Å²) in [6.45, 7) is 9.61. The summed E-state index contributed by atoms with van der Waals surface area (Å²) in [5.74, 6) is -3.41. The maximum atomic E-state index is 12.3. The zero-order valence-electron chi connectivity index (χ0n) is 15.2. The van der Waals surface area contributed by atoms with Gasteiger partial charge >= 0.3 is 11.9 Å². The number of rotatable bonds is 4. The van der Waals surface area contributed by atoms with E-state index in [1.54, 1.807) is 0 Å². The van der Waals surface area contributed by atoms with Crippen LogP contribution in [0.25, 0.3) is 0 Å². The highest BCUT2D eigenvalue weighted by molar-refractivity contribution is 6.27. The van der Waals surface area contributed by atoms with Gasteiger partial charge in [-0.2, -0.15) is 0 Å². The molecule has 2 aliphatic rings. The van der Waals surface area contributed by atoms with Crippen molar-refractivity contribution in [3.63, 3.8) is 0 Å². The second-order valence-electron chi connectivity index (χ2n) is 6.60. The zero-order valence-corrected chi connectivity index (χ0v) is 15.2. The zero-order chi connectivity index (χ0) is 18.8. The molecule has 8 heteroatoms. The van der Waals surface area contributed by atoms with E-state index in [9.17, 15) is 4.79 Å². The molecule has 1 saturated heterocycles. The maximum Gasteiger partial charge on any atom is 0.414 e. The normalized spacial score (nSPS) is 20.9. The van der Waals surface area contributed by atoms with Gasteiger partial charge < -0.3 is 20.4 Å². The third-order valence-corrected chi connectivity index (χ3v) is 4.92. The van der Waals surface area contributed by atoms with Gasteiger partial charge in [-0.05, 0) is 26.3 Å². The summed E-state index contributed by atoms with van der Waals surface area (Å²) < 4.78 is 0. The van der Waals surface area contributed by atoms with Crippen molar-refractivity contribution in [2.45, 2.75) is 58.0 Å². The first kappa shape index (κ1) is 21.4. The van der Waals surface area contributed by atoms with E-state index in [-0.39, 0.29) is 11.9 Å². The summed E-state index contributed by atoms with van der Waals surface area (Å²) >= 11 is 0. The van der Waals surface area contributed by atoms with Gasteiger partial charge in [-0.3, -0.25) is 9.69 Å². The molecule has 1 unspecified atom stereocenters. The predicted molar refractivity (Wildman–Crippen MR) is 93.4 cm³/mol. The van der Waals surface area contributed by atoms with Crippen molar-refractivity contribution >= 4 is 17.8 Å². The van der Waals surface area contributed by atoms with Crippen LogP contribution in [0.15, 0.2) is 0 Å². The number of aliphatic carboxylic acids is 2. The average Bonchev–Trinajstić information content (AvgIpc) is 2.62. The second-order valence-corrected chi connectivity index (χ2v) is 6.60. The van der Waals surface area contributed by atoms with Crippen LogP contribution in [0.1, 0.15) is 46.0 Å². The minimum atomic E-state index is -1.82. The Morgan fingerprint density at radius 3 is 1.96 bits per heavy atom. The van der Waals surface area contributed by atoms with Crippen LogP contribution >= 0.6 is 0 Å². The smallest absolute Gasteiger partial charge is 0.414 e. The van der Waals surface area contributed by atoms with Crippen LogP contribution in [0.4, 0.5) is 0 Å². The van der Waals surface area contributed by atoms with Crippen LogP contribution in [-0.4, -0.2) is 82.7 Å². The molecule has 1 atom stereocenters. The Labute approximate surface area is 149 Å². The predicted octanol–water partition coefficient (Wildman–Crippen LogP) is 0.617. The highest BCUT2D eigenvalue weighted by Gasteiger charge is 2.26. The Bertz CT molecular complexity index is 432. The lowest BCUT2D eigenvalue weighted by molar-refractivity contribution is -0.159. The Morgan fingerprint density at radius 2 is 1.52 bits per heavy atom. The molecule has 0 aromatic heterocycles. The van der Waals surface area contributed by atoms with E-state index in [4.69, 9.17) is 19.8 Å². The van der Waals surface area contributed by atoms with Crippen LogP contribution < -0.4 is 5.32 Å². The molecule has 0 aromatic rings. The molecule has 1 aliphatic carbocycles. The Kier molecular flexibility index (Phi) is 9.44. The van der Waals surface area contributed by atoms with Crippen LogP contribution in [0.5, 0.6) is 0 Å². The van der Waals surface area contributed by atoms with E-state index in [0.29, 0.717) is 6.04 Å². The quantitative estimate of drug-likeness (QED) is 0.633. The molecule has 0 spiro atoms. The topological polar surface area (TPSA) is 110 Å². The van der Waals surface area contributed by atoms with E-state index in [1.165, 1.54) is 32.1 Å². The fraction of sp³-hybridized carbons (Fsp3) is 0.824. The van der Waals surface area contributed by atoms with Crippen LogP contribution in [0, 0.1) is 0 Å². The molecular weight excluding hydrogens is 326 g/mol. The molecule has 0 bridgehead atoms. The molecule has 1 amide bonds. The van der Waals surface area contributed by atoms with Gasteiger partial charge in [0.2, 0.25) is 5.91 Å². The molecule has 1 heterocycles. The Balaban J connectivity index is 0.000000450. The highest BCUT2D eigenvalue weighted by Crippen LogP contribution is 2.17. The third kappa shape index (κ3) is 7.83. The standard InChI is InChI=1S/C15H29N3O.C2H2O4/c1-3-17-9-11-18(12-10-17)13(2)15(19)16-14-7-5-4-6-8-14;3-1(4)2(5)6/h13-14H,3-12H2,1-2H3,(H,16,19);(H,3,4)(H,5,6). The molecule has 0 radical (unpaired) electrons. The number of nitrogens with one attached hydrogen (secondary N) is 1. The van der Waals surface area contributed by atoms with Gasteiger partial charge in [-0.25, -0.2) is 9.59 Å². The number of amides is 1. The number of carboxylic acids is 2. The second kappa shape index (κ2) is 11.0. The fourth-order valence-electron chi connectivity index (χ4n) is 3.20. The van der Waals surface area contributed by atoms with E-state index in [1.807, 2.05) is 0 Å². The Morgan fingerprint density at radius 1 is 1.00 bits per heavy atom. The number of piperazine rings is 1. The van der Waals surface area contributed by atoms with Crippen molar-refractivity contribution < 1.29 is 24.6 Å². The van der Waals surface area contributed by atoms with E-state index >= 15 is 0 Å². The summed E-state index contributed by atoms with van der Waals surface area (Å²) in [7, 11) is 0. The molecular formula is C17H31N3O5. The minimum Gasteiger partial charge on any atom is -0.473 e. The SMILES string of the molecule is CCN1CCN(C(C)C(=O)NC2CCCCC2)CC1.O=C(O)C(=O)O. The third-order valence-electron chi connectivity index (χ3n) is 4.92. The van der Waals surface area contributed by atoms with Crippen molar-refractivity contribution in [2.24, 2.45) is 0 Å². The van der Waals surface area contributed by atoms with E-state index < -0.39 is 11.9 Å². The molecule has 8 nitrogen and oxygen atoms in total. The molecule has 3 N–H and O–H groups in total. The minimum absolute atomic E-state index is 0.0286. The van der Waals surface area contributed by atoms with Gasteiger partial charge in [0, 0.05) is 32.2 Å². The summed E-state index contributed by atoms with van der Waals surface area (Å²) in [5, 5.41) is 18.0. The number of hydrogen-bond acceptors (Lipinski definition) is 5. The van der Waals surface area contributed by atoms with E-state index in [0.717, 1.165) is 32.7 Å². The van der Waals surface area contributed by atoms with Crippen LogP contribution in [0.3, 0.4) is 0 Å². The van der Waals surface area contributed by atoms with Gasteiger partial charge in [-0.15, -0.1) is 0 Å². The summed E-state index contributed by atoms with van der Waals surface area (Å²) in [6.07, 6.45) is 6.22. The van der Waals surface area contributed by atoms with Crippen molar-refractivity contribution in [1.82, 2.24) is 15.1 Å². The van der Waals surface area contributed by atoms with Crippen molar-refractivity contribution in [1.29, 1.82) is 0 Å². The van der Waals surface area contributed by atoms with Crippen LogP contribution in [-0.2, 0) is 14.4 Å². The van der Waals surface area contributed by atoms with Gasteiger partial charge in [0.25, 0.3) is 0 Å². The van der Waals surface area contributed by atoms with Crippen molar-refractivity contribution in [2.75, 3.05) is 32.7 Å². The largest absolute Gasteiger partial charge is 0.473 e. The fourth-order valence-corrected chi connectivity index (χ4v) is 3.20. The summed E-state index contributed by atoms with van der Waals surface area (Å²) in [4.78, 5) is 35.3. The number of hydrogen-bond donors (Lipinski definition) is 3. The van der Waals surface area contributed by atoms with Gasteiger partial charge in [-0.1, -0.05) is 26.2 Å². The molecule has 1 saturated carbocycles. The maximum absolute atomic E-state index is 12.3. The monoisotopic (exact) mass is 357 g/mol. The lowest BCUT2D eigenvalue weighted by Crippen LogP contribution is -2.55. The first-order valence-electron chi connectivity index (χ1n) is 9.08. The number of nitrogens with zero attached hydrogens (tertiary/aromatic N) is 2. The molecule has 1 aliphatic heterocycles. The van der Waals surface area contributed by atoms with Gasteiger partial charge in [0.05, 0.1) is 6.04 Å². The molecule has 25 heavy (non-hydrogen) atoms. The van der Waals surface area contributed by atoms with Crippen molar-refractivity contribution in [3.05, 3.63) is 0 Å². The first-order chi connectivity index (χ1) is 11.8. The van der Waals surface area contributed by atoms with Gasteiger partial charge in [0.15, 0.2) is 0 Å². The summed E-state index contributed by atoms with van der Waals surface area (Å²) in [6, 6.07) is 0.460. The summed E-state index contributed by atoms with van der Waals surface area (Å²) in [5.41, 5.74) is 0. The molecule has 144 valence electrons. The number of carbonyl (C=O) groups is 3. The first-order valence-corrected chi connectivity index (χ1v) is 9.08. The van der Waals surface area contributed by atoms with Crippen LogP contribution in [0.2, 0.25) is 0 Å². The van der Waals surface area contributed by atoms with Crippen molar-refractivity contribution in [3.8, 4) is 0 Å². The lowest BCUT2D eigenvalue weighted by Gasteiger charge is -2.37. The van der Waals surface area contributed by atoms with E-state index in [2.05, 4.69) is 29.0 Å². The highest BCUT2D eigenvalue weighted by atomic mass is 16.4. The van der Waals surface area contributed by atoms with Gasteiger partial charge in [0.1, 0.15) is 0 Å². The lowest BCUT2D eigenvalue weighted by atomic mass is 9.95. The number of likely N-dealkylation sites (N-methyl/N-ethyl adjacent to an activating group) is 1. The Hall–Kier alpha value is -1.67. The number of carboxylic acid groups (broad SMARTS) is 2. The molecule has 0 aromatic carbocycles.